The maximum atomic E-state index is 12.4. The third-order valence-electron chi connectivity index (χ3n) is 1.41. The topological polar surface area (TPSA) is 20.2 Å². The SMILES string of the molecule is Oc1c(F)cc(F)cc1[B-](F)(F)F. The minimum atomic E-state index is -5.60. The predicted molar refractivity (Wildman–Crippen MR) is 36.7 cm³/mol. The van der Waals surface area contributed by atoms with Crippen molar-refractivity contribution in [3.05, 3.63) is 23.8 Å². The molecule has 1 rings (SSSR count). The zero-order chi connectivity index (χ0) is 10.2. The number of rotatable bonds is 1. The van der Waals surface area contributed by atoms with Crippen LogP contribution in [-0.4, -0.2) is 12.1 Å². The summed E-state index contributed by atoms with van der Waals surface area (Å²) in [5, 5.41) is 8.61. The average molecular weight is 197 g/mol. The molecule has 1 aromatic rings. The van der Waals surface area contributed by atoms with Crippen molar-refractivity contribution in [2.24, 2.45) is 0 Å². The summed E-state index contributed by atoms with van der Waals surface area (Å²) in [7, 11) is 0. The van der Waals surface area contributed by atoms with Gasteiger partial charge in [-0.3, -0.25) is 0 Å². The quantitative estimate of drug-likeness (QED) is 0.536. The predicted octanol–water partition coefficient (Wildman–Crippen LogP) is 1.72. The number of phenols is 1. The second kappa shape index (κ2) is 2.90. The first-order valence-corrected chi connectivity index (χ1v) is 3.20. The van der Waals surface area contributed by atoms with Gasteiger partial charge in [-0.1, -0.05) is 5.46 Å². The Hall–Kier alpha value is -1.27. The molecule has 0 aliphatic rings. The van der Waals surface area contributed by atoms with E-state index in [0.29, 0.717) is 0 Å². The van der Waals surface area contributed by atoms with E-state index in [9.17, 15) is 21.7 Å². The molecule has 0 aromatic heterocycles. The third-order valence-corrected chi connectivity index (χ3v) is 1.41. The van der Waals surface area contributed by atoms with Gasteiger partial charge in [0.1, 0.15) is 11.6 Å². The number of halogens is 5. The van der Waals surface area contributed by atoms with Gasteiger partial charge in [0.15, 0.2) is 5.82 Å². The molecule has 0 radical (unpaired) electrons. The molecule has 1 N–H and O–H groups in total. The highest BCUT2D eigenvalue weighted by Gasteiger charge is 2.30. The molecule has 7 heteroatoms. The Balaban J connectivity index is 3.37. The lowest BCUT2D eigenvalue weighted by Gasteiger charge is -2.16. The van der Waals surface area contributed by atoms with E-state index in [2.05, 4.69) is 0 Å². The molecule has 1 nitrogen and oxygen atoms in total. The van der Waals surface area contributed by atoms with Crippen LogP contribution < -0.4 is 5.46 Å². The van der Waals surface area contributed by atoms with E-state index < -0.39 is 29.8 Å². The van der Waals surface area contributed by atoms with E-state index in [0.717, 1.165) is 0 Å². The molecule has 13 heavy (non-hydrogen) atoms. The number of hydrogen-bond donors (Lipinski definition) is 1. The number of benzene rings is 1. The lowest BCUT2D eigenvalue weighted by molar-refractivity contribution is 0.424. The van der Waals surface area contributed by atoms with Crippen molar-refractivity contribution in [1.29, 1.82) is 0 Å². The van der Waals surface area contributed by atoms with Crippen molar-refractivity contribution in [2.45, 2.75) is 0 Å². The molecule has 0 heterocycles. The van der Waals surface area contributed by atoms with Gasteiger partial charge in [-0.05, 0) is 6.07 Å². The van der Waals surface area contributed by atoms with Crippen molar-refractivity contribution in [2.75, 3.05) is 0 Å². The molecule has 0 aliphatic carbocycles. The molecule has 1 aromatic carbocycles. The number of hydrogen-bond acceptors (Lipinski definition) is 1. The molecule has 0 saturated heterocycles. The molecule has 0 bridgehead atoms. The fraction of sp³-hybridized carbons (Fsp3) is 0. The molecule has 0 spiro atoms. The summed E-state index contributed by atoms with van der Waals surface area (Å²) >= 11 is 0. The van der Waals surface area contributed by atoms with Crippen molar-refractivity contribution in [1.82, 2.24) is 0 Å². The summed E-state index contributed by atoms with van der Waals surface area (Å²) in [5.74, 6) is -4.55. The maximum absolute atomic E-state index is 12.4. The van der Waals surface area contributed by atoms with Crippen LogP contribution in [0.2, 0.25) is 0 Å². The summed E-state index contributed by atoms with van der Waals surface area (Å²) in [6, 6.07) is 0.235. The van der Waals surface area contributed by atoms with Gasteiger partial charge in [-0.2, -0.15) is 0 Å². The minimum absolute atomic E-state index is 0.0540. The Labute approximate surface area is 69.9 Å². The van der Waals surface area contributed by atoms with Gasteiger partial charge < -0.3 is 18.1 Å². The molecule has 0 fully saturated rings. The first kappa shape index (κ1) is 9.82. The highest BCUT2D eigenvalue weighted by molar-refractivity contribution is 6.74. The third kappa shape index (κ3) is 1.91. The van der Waals surface area contributed by atoms with Gasteiger partial charge in [0.05, 0.1) is 0 Å². The van der Waals surface area contributed by atoms with Gasteiger partial charge in [0.25, 0.3) is 0 Å². The summed E-state index contributed by atoms with van der Waals surface area (Å²) in [5.41, 5.74) is -1.66. The van der Waals surface area contributed by atoms with Crippen LogP contribution in [0.5, 0.6) is 5.75 Å². The summed E-state index contributed by atoms with van der Waals surface area (Å²) in [4.78, 5) is 0. The van der Waals surface area contributed by atoms with Crippen LogP contribution in [0.3, 0.4) is 0 Å². The van der Waals surface area contributed by atoms with E-state index in [1.807, 2.05) is 0 Å². The molecule has 0 saturated carbocycles. The van der Waals surface area contributed by atoms with Gasteiger partial charge in [-0.15, -0.1) is 0 Å². The Morgan fingerprint density at radius 1 is 1.08 bits per heavy atom. The van der Waals surface area contributed by atoms with Crippen LogP contribution in [0, 0.1) is 11.6 Å². The van der Waals surface area contributed by atoms with Crippen LogP contribution >= 0.6 is 0 Å². The van der Waals surface area contributed by atoms with E-state index in [1.165, 1.54) is 0 Å². The lowest BCUT2D eigenvalue weighted by Crippen LogP contribution is -2.35. The van der Waals surface area contributed by atoms with Crippen molar-refractivity contribution < 1.29 is 26.8 Å². The molecule has 72 valence electrons. The molecule has 0 aliphatic heterocycles. The number of phenolic OH excluding ortho intramolecular Hbond substituents is 1. The Morgan fingerprint density at radius 3 is 2.08 bits per heavy atom. The average Bonchev–Trinajstić information content (AvgIpc) is 1.94. The second-order valence-corrected chi connectivity index (χ2v) is 2.40. The summed E-state index contributed by atoms with van der Waals surface area (Å²) in [6.45, 7) is -5.60. The van der Waals surface area contributed by atoms with E-state index in [-0.39, 0.29) is 12.1 Å². The van der Waals surface area contributed by atoms with Crippen molar-refractivity contribution in [3.8, 4) is 5.75 Å². The standard InChI is InChI=1S/C6H3BF5O/c8-3-1-4(7(10,11)12)6(13)5(9)2-3/h1-2,13H/q-1. The summed E-state index contributed by atoms with van der Waals surface area (Å²) in [6.07, 6.45) is 0. The normalized spacial score (nSPS) is 11.8. The highest BCUT2D eigenvalue weighted by Crippen LogP contribution is 2.20. The Bertz CT molecular complexity index is 335. The van der Waals surface area contributed by atoms with Crippen LogP contribution in [0.4, 0.5) is 21.7 Å². The monoisotopic (exact) mass is 197 g/mol. The molecule has 0 amide bonds. The smallest absolute Gasteiger partial charge is 0.508 e. The van der Waals surface area contributed by atoms with E-state index in [4.69, 9.17) is 5.11 Å². The van der Waals surface area contributed by atoms with Gasteiger partial charge in [0, 0.05) is 6.07 Å². The van der Waals surface area contributed by atoms with Crippen molar-refractivity contribution in [3.63, 3.8) is 0 Å². The molecule has 0 unspecified atom stereocenters. The highest BCUT2D eigenvalue weighted by atomic mass is 19.4. The second-order valence-electron chi connectivity index (χ2n) is 2.40. The van der Waals surface area contributed by atoms with Crippen LogP contribution in [0.25, 0.3) is 0 Å². The molecule has 0 atom stereocenters. The first-order chi connectivity index (χ1) is 5.82. The van der Waals surface area contributed by atoms with E-state index in [1.54, 1.807) is 0 Å². The van der Waals surface area contributed by atoms with Gasteiger partial charge in [-0.25, -0.2) is 8.78 Å². The van der Waals surface area contributed by atoms with Crippen LogP contribution in [-0.2, 0) is 0 Å². The summed E-state index contributed by atoms with van der Waals surface area (Å²) < 4.78 is 60.6. The zero-order valence-corrected chi connectivity index (χ0v) is 6.07. The first-order valence-electron chi connectivity index (χ1n) is 3.20. The van der Waals surface area contributed by atoms with Crippen LogP contribution in [0.1, 0.15) is 0 Å². The van der Waals surface area contributed by atoms with Gasteiger partial charge in [0.2, 0.25) is 0 Å². The molecular weight excluding hydrogens is 194 g/mol. The van der Waals surface area contributed by atoms with Gasteiger partial charge >= 0.3 is 6.98 Å². The zero-order valence-electron chi connectivity index (χ0n) is 6.07. The minimum Gasteiger partial charge on any atom is -0.508 e. The lowest BCUT2D eigenvalue weighted by atomic mass is 9.79. The maximum Gasteiger partial charge on any atom is 0.513 e. The van der Waals surface area contributed by atoms with E-state index >= 15 is 0 Å². The number of aromatic hydroxyl groups is 1. The fourth-order valence-electron chi connectivity index (χ4n) is 0.835. The van der Waals surface area contributed by atoms with Crippen LogP contribution in [0.15, 0.2) is 12.1 Å². The largest absolute Gasteiger partial charge is 0.513 e. The Morgan fingerprint density at radius 2 is 1.62 bits per heavy atom. The molecular formula is C6H3BF5O-. The Kier molecular flexibility index (Phi) is 2.19. The fourth-order valence-corrected chi connectivity index (χ4v) is 0.835. The van der Waals surface area contributed by atoms with Crippen molar-refractivity contribution >= 4 is 12.4 Å².